The lowest BCUT2D eigenvalue weighted by molar-refractivity contribution is 0.954. The molecule has 12 aromatic rings. The summed E-state index contributed by atoms with van der Waals surface area (Å²) in [5, 5.41) is 9.49. The zero-order valence-corrected chi connectivity index (χ0v) is 31.3. The van der Waals surface area contributed by atoms with Crippen LogP contribution in [0.5, 0.6) is 0 Å². The van der Waals surface area contributed by atoms with E-state index in [1.54, 1.807) is 0 Å². The molecule has 0 radical (unpaired) electrons. The van der Waals surface area contributed by atoms with Crippen molar-refractivity contribution in [2.75, 3.05) is 0 Å². The lowest BCUT2D eigenvalue weighted by Gasteiger charge is -2.15. The van der Waals surface area contributed by atoms with Gasteiger partial charge in [0.15, 0.2) is 11.6 Å². The maximum absolute atomic E-state index is 5.27. The van der Waals surface area contributed by atoms with Crippen molar-refractivity contribution in [3.8, 4) is 45.5 Å². The predicted molar refractivity (Wildman–Crippen MR) is 240 cm³/mol. The third kappa shape index (κ3) is 5.00. The predicted octanol–water partition coefficient (Wildman–Crippen LogP) is 13.4. The molecule has 0 fully saturated rings. The number of nitrogens with zero attached hydrogens (tertiary/aromatic N) is 5. The minimum absolute atomic E-state index is 0.574. The maximum Gasteiger partial charge on any atom is 0.238 e. The molecule has 270 valence electrons. The van der Waals surface area contributed by atoms with Gasteiger partial charge in [-0.1, -0.05) is 158 Å². The van der Waals surface area contributed by atoms with Crippen LogP contribution in [-0.4, -0.2) is 24.1 Å². The van der Waals surface area contributed by atoms with E-state index in [1.165, 1.54) is 32.4 Å². The largest absolute Gasteiger partial charge is 0.309 e. The van der Waals surface area contributed by atoms with Crippen LogP contribution in [0.2, 0.25) is 0 Å². The maximum atomic E-state index is 5.27. The molecule has 0 aliphatic carbocycles. The van der Waals surface area contributed by atoms with Crippen LogP contribution in [0, 0.1) is 0 Å². The third-order valence-corrected chi connectivity index (χ3v) is 11.5. The third-order valence-electron chi connectivity index (χ3n) is 11.5. The fourth-order valence-electron chi connectivity index (χ4n) is 8.91. The second kappa shape index (κ2) is 12.8. The fraction of sp³-hybridized carbons (Fsp3) is 0. The van der Waals surface area contributed by atoms with Gasteiger partial charge in [-0.3, -0.25) is 4.57 Å². The summed E-state index contributed by atoms with van der Waals surface area (Å²) in [5.74, 6) is 1.82. The number of fused-ring (bicyclic) bond motifs is 8. The van der Waals surface area contributed by atoms with Crippen LogP contribution in [0.1, 0.15) is 0 Å². The number of hydrogen-bond donors (Lipinski definition) is 0. The van der Waals surface area contributed by atoms with Gasteiger partial charge >= 0.3 is 0 Å². The molecule has 0 amide bonds. The molecule has 12 rings (SSSR count). The first-order chi connectivity index (χ1) is 28.8. The van der Waals surface area contributed by atoms with E-state index in [2.05, 4.69) is 173 Å². The van der Waals surface area contributed by atoms with Gasteiger partial charge < -0.3 is 4.57 Å². The van der Waals surface area contributed by atoms with E-state index < -0.39 is 0 Å². The molecule has 0 saturated carbocycles. The second-order valence-electron chi connectivity index (χ2n) is 14.9. The molecule has 0 bridgehead atoms. The normalized spacial score (nSPS) is 11.8. The average molecular weight is 740 g/mol. The Kier molecular flexibility index (Phi) is 7.16. The van der Waals surface area contributed by atoms with Crippen LogP contribution in [0.15, 0.2) is 200 Å². The smallest absolute Gasteiger partial charge is 0.238 e. The van der Waals surface area contributed by atoms with E-state index in [9.17, 15) is 0 Å². The van der Waals surface area contributed by atoms with Crippen molar-refractivity contribution in [2.24, 2.45) is 0 Å². The quantitative estimate of drug-likeness (QED) is 0.177. The first kappa shape index (κ1) is 32.4. The summed E-state index contributed by atoms with van der Waals surface area (Å²) in [6, 6.07) is 71.1. The van der Waals surface area contributed by atoms with Crippen LogP contribution in [-0.2, 0) is 0 Å². The van der Waals surface area contributed by atoms with Gasteiger partial charge in [0.1, 0.15) is 0 Å². The van der Waals surface area contributed by atoms with Crippen molar-refractivity contribution in [3.63, 3.8) is 0 Å². The summed E-state index contributed by atoms with van der Waals surface area (Å²) in [7, 11) is 0. The standard InChI is InChI=1S/C53H33N5/c1-3-16-35(17-4-1)51-54-52(36-18-5-2-6-19-36)56-53(55-51)58-47-26-14-12-24-43(47)45-32-38-21-9-10-22-41(38)49(50(45)58)39-28-30-48-44(33-39)42-23-11-13-25-46(42)57(48)40-29-27-34-15-7-8-20-37(34)31-40/h1-33H. The van der Waals surface area contributed by atoms with E-state index in [-0.39, 0.29) is 0 Å². The molecule has 0 spiro atoms. The van der Waals surface area contributed by atoms with E-state index >= 15 is 0 Å². The van der Waals surface area contributed by atoms with Crippen LogP contribution in [0.25, 0.3) is 111 Å². The summed E-state index contributed by atoms with van der Waals surface area (Å²) in [6.45, 7) is 0. The molecule has 5 heteroatoms. The summed E-state index contributed by atoms with van der Waals surface area (Å²) in [6.07, 6.45) is 0. The van der Waals surface area contributed by atoms with Crippen LogP contribution in [0.4, 0.5) is 0 Å². The van der Waals surface area contributed by atoms with Crippen LogP contribution < -0.4 is 0 Å². The van der Waals surface area contributed by atoms with Crippen molar-refractivity contribution in [1.29, 1.82) is 0 Å². The Balaban J connectivity index is 1.18. The van der Waals surface area contributed by atoms with Gasteiger partial charge in [0, 0.05) is 43.9 Å². The fourth-order valence-corrected chi connectivity index (χ4v) is 8.91. The van der Waals surface area contributed by atoms with Gasteiger partial charge in [0.2, 0.25) is 5.95 Å². The highest BCUT2D eigenvalue weighted by atomic mass is 15.2. The summed E-state index contributed by atoms with van der Waals surface area (Å²) >= 11 is 0. The highest BCUT2D eigenvalue weighted by Gasteiger charge is 2.23. The zero-order chi connectivity index (χ0) is 38.2. The van der Waals surface area contributed by atoms with Gasteiger partial charge in [-0.25, -0.2) is 4.98 Å². The van der Waals surface area contributed by atoms with Gasteiger partial charge in [-0.2, -0.15) is 9.97 Å². The topological polar surface area (TPSA) is 48.5 Å². The van der Waals surface area contributed by atoms with Gasteiger partial charge in [0.25, 0.3) is 0 Å². The Morgan fingerprint density at radius 3 is 1.57 bits per heavy atom. The molecule has 5 nitrogen and oxygen atoms in total. The zero-order valence-electron chi connectivity index (χ0n) is 31.3. The molecule has 0 saturated heterocycles. The van der Waals surface area contributed by atoms with E-state index in [0.717, 1.165) is 60.6 Å². The lowest BCUT2D eigenvalue weighted by Crippen LogP contribution is -2.07. The first-order valence-corrected chi connectivity index (χ1v) is 19.6. The molecule has 3 aromatic heterocycles. The Hall–Kier alpha value is -7.89. The minimum atomic E-state index is 0.574. The Labute approximate surface area is 333 Å². The lowest BCUT2D eigenvalue weighted by atomic mass is 9.94. The summed E-state index contributed by atoms with van der Waals surface area (Å²) in [5.41, 5.74) is 9.70. The molecule has 0 aliphatic rings. The van der Waals surface area contributed by atoms with E-state index in [4.69, 9.17) is 15.0 Å². The number of benzene rings is 9. The molecular weight excluding hydrogens is 707 g/mol. The molecule has 0 aliphatic heterocycles. The number of aromatic nitrogens is 5. The molecule has 9 aromatic carbocycles. The van der Waals surface area contributed by atoms with E-state index in [0.29, 0.717) is 17.6 Å². The first-order valence-electron chi connectivity index (χ1n) is 19.6. The van der Waals surface area contributed by atoms with Gasteiger partial charge in [0.05, 0.1) is 22.1 Å². The Bertz CT molecular complexity index is 3510. The highest BCUT2D eigenvalue weighted by Crippen LogP contribution is 2.44. The molecule has 3 heterocycles. The van der Waals surface area contributed by atoms with Crippen molar-refractivity contribution in [3.05, 3.63) is 200 Å². The molecule has 0 N–H and O–H groups in total. The highest BCUT2D eigenvalue weighted by molar-refractivity contribution is 6.22. The molecule has 58 heavy (non-hydrogen) atoms. The minimum Gasteiger partial charge on any atom is -0.309 e. The number of hydrogen-bond acceptors (Lipinski definition) is 3. The average Bonchev–Trinajstić information content (AvgIpc) is 3.81. The monoisotopic (exact) mass is 739 g/mol. The molecule has 0 atom stereocenters. The number of rotatable bonds is 5. The Morgan fingerprint density at radius 2 is 0.862 bits per heavy atom. The SMILES string of the molecule is c1ccc(-c2nc(-c3ccccc3)nc(-n3c4ccccc4c4cc5ccccc5c(-c5ccc6c(c5)c5ccccc5n6-c5ccc6ccccc6c5)c43)n2)cc1. The van der Waals surface area contributed by atoms with E-state index in [1.807, 2.05) is 36.4 Å². The summed E-state index contributed by atoms with van der Waals surface area (Å²) in [4.78, 5) is 15.6. The van der Waals surface area contributed by atoms with Crippen LogP contribution in [0.3, 0.4) is 0 Å². The van der Waals surface area contributed by atoms with Crippen LogP contribution >= 0.6 is 0 Å². The molecular formula is C53H33N5. The van der Waals surface area contributed by atoms with Gasteiger partial charge in [-0.15, -0.1) is 0 Å². The van der Waals surface area contributed by atoms with Crippen molar-refractivity contribution >= 4 is 65.2 Å². The summed E-state index contributed by atoms with van der Waals surface area (Å²) < 4.78 is 4.66. The van der Waals surface area contributed by atoms with Gasteiger partial charge in [-0.05, 0) is 69.6 Å². The Morgan fingerprint density at radius 1 is 0.310 bits per heavy atom. The second-order valence-corrected chi connectivity index (χ2v) is 14.9. The van der Waals surface area contributed by atoms with Crippen molar-refractivity contribution in [1.82, 2.24) is 24.1 Å². The van der Waals surface area contributed by atoms with Crippen molar-refractivity contribution in [2.45, 2.75) is 0 Å². The molecule has 0 unspecified atom stereocenters. The van der Waals surface area contributed by atoms with Crippen molar-refractivity contribution < 1.29 is 0 Å². The number of para-hydroxylation sites is 2.